The average Bonchev–Trinajstić information content (AvgIpc) is 2.65. The summed E-state index contributed by atoms with van der Waals surface area (Å²) < 4.78 is 1.31. The minimum atomic E-state index is -1.04. The number of carboxylic acid groups (broad SMARTS) is 1. The highest BCUT2D eigenvalue weighted by Crippen LogP contribution is 1.98. The van der Waals surface area contributed by atoms with Crippen LogP contribution >= 0.6 is 0 Å². The molecule has 0 radical (unpaired) electrons. The summed E-state index contributed by atoms with van der Waals surface area (Å²) in [5, 5.41) is 15.2. The van der Waals surface area contributed by atoms with Gasteiger partial charge in [-0.25, -0.2) is 4.79 Å². The van der Waals surface area contributed by atoms with Crippen molar-refractivity contribution in [3.63, 3.8) is 0 Å². The maximum atomic E-state index is 11.5. The molecule has 6 nitrogen and oxygen atoms in total. The average molecular weight is 239 g/mol. The Morgan fingerprint density at radius 2 is 2.24 bits per heavy atom. The molecule has 0 bridgehead atoms. The number of carbonyl (C=O) groups excluding carboxylic acids is 1. The van der Waals surface area contributed by atoms with Crippen molar-refractivity contribution in [2.75, 3.05) is 6.54 Å². The number of aromatic nitrogens is 2. The summed E-state index contributed by atoms with van der Waals surface area (Å²) in [6.07, 6.45) is 3.49. The third-order valence-electron chi connectivity index (χ3n) is 2.23. The molecule has 0 fully saturated rings. The number of amides is 1. The lowest BCUT2D eigenvalue weighted by Gasteiger charge is -2.06. The third-order valence-corrected chi connectivity index (χ3v) is 2.23. The summed E-state index contributed by atoms with van der Waals surface area (Å²) in [7, 11) is 0. The van der Waals surface area contributed by atoms with Crippen LogP contribution in [0.5, 0.6) is 0 Å². The molecular weight excluding hydrogens is 222 g/mol. The predicted octanol–water partition coefficient (Wildman–Crippen LogP) is 0.744. The van der Waals surface area contributed by atoms with Crippen LogP contribution in [0.3, 0.4) is 0 Å². The topological polar surface area (TPSA) is 84.2 Å². The van der Waals surface area contributed by atoms with Gasteiger partial charge < -0.3 is 10.4 Å². The van der Waals surface area contributed by atoms with E-state index in [2.05, 4.69) is 24.3 Å². The summed E-state index contributed by atoms with van der Waals surface area (Å²) in [6, 6.07) is 0. The van der Waals surface area contributed by atoms with Gasteiger partial charge in [0.1, 0.15) is 6.54 Å². The molecule has 17 heavy (non-hydrogen) atoms. The molecule has 0 aliphatic rings. The largest absolute Gasteiger partial charge is 0.478 e. The van der Waals surface area contributed by atoms with Gasteiger partial charge in [-0.3, -0.25) is 9.48 Å². The standard InChI is InChI=1S/C11H17N3O3/c1-8(2)3-4-12-10(15)7-14-6-9(5-13-14)11(16)17/h5-6,8H,3-4,7H2,1-2H3,(H,12,15)(H,16,17). The summed E-state index contributed by atoms with van der Waals surface area (Å²) in [4.78, 5) is 22.0. The highest BCUT2D eigenvalue weighted by molar-refractivity contribution is 5.87. The zero-order valence-electron chi connectivity index (χ0n) is 10.0. The SMILES string of the molecule is CC(C)CCNC(=O)Cn1cc(C(=O)O)cn1. The molecule has 0 unspecified atom stereocenters. The second kappa shape index (κ2) is 6.03. The van der Waals surface area contributed by atoms with Crippen molar-refractivity contribution in [2.45, 2.75) is 26.8 Å². The van der Waals surface area contributed by atoms with E-state index < -0.39 is 5.97 Å². The first-order chi connectivity index (χ1) is 7.99. The zero-order chi connectivity index (χ0) is 12.8. The van der Waals surface area contributed by atoms with Crippen LogP contribution in [0.1, 0.15) is 30.6 Å². The molecule has 6 heteroatoms. The minimum Gasteiger partial charge on any atom is -0.478 e. The lowest BCUT2D eigenvalue weighted by molar-refractivity contribution is -0.121. The molecule has 0 atom stereocenters. The number of carboxylic acids is 1. The Bertz CT molecular complexity index is 398. The van der Waals surface area contributed by atoms with E-state index >= 15 is 0 Å². The number of carbonyl (C=O) groups is 2. The molecule has 1 rings (SSSR count). The third kappa shape index (κ3) is 4.67. The molecule has 0 aliphatic carbocycles. The van der Waals surface area contributed by atoms with Crippen LogP contribution in [0.2, 0.25) is 0 Å². The van der Waals surface area contributed by atoms with Gasteiger partial charge in [0, 0.05) is 12.7 Å². The van der Waals surface area contributed by atoms with E-state index in [1.807, 2.05) is 0 Å². The van der Waals surface area contributed by atoms with Gasteiger partial charge in [-0.1, -0.05) is 13.8 Å². The molecule has 1 heterocycles. The van der Waals surface area contributed by atoms with Crippen LogP contribution in [0.4, 0.5) is 0 Å². The molecule has 1 aromatic rings. The molecule has 0 spiro atoms. The number of aromatic carboxylic acids is 1. The van der Waals surface area contributed by atoms with Crippen molar-refractivity contribution < 1.29 is 14.7 Å². The van der Waals surface area contributed by atoms with Gasteiger partial charge in [0.2, 0.25) is 5.91 Å². The van der Waals surface area contributed by atoms with E-state index in [4.69, 9.17) is 5.11 Å². The number of hydrogen-bond acceptors (Lipinski definition) is 3. The molecule has 0 aliphatic heterocycles. The first-order valence-corrected chi connectivity index (χ1v) is 5.51. The van der Waals surface area contributed by atoms with Crippen LogP contribution in [0.15, 0.2) is 12.4 Å². The fourth-order valence-electron chi connectivity index (χ4n) is 1.26. The Balaban J connectivity index is 2.37. The quantitative estimate of drug-likeness (QED) is 0.767. The van der Waals surface area contributed by atoms with E-state index in [-0.39, 0.29) is 18.0 Å². The van der Waals surface area contributed by atoms with E-state index in [9.17, 15) is 9.59 Å². The van der Waals surface area contributed by atoms with E-state index in [0.29, 0.717) is 12.5 Å². The fraction of sp³-hybridized carbons (Fsp3) is 0.545. The van der Waals surface area contributed by atoms with Crippen molar-refractivity contribution in [1.82, 2.24) is 15.1 Å². The highest BCUT2D eigenvalue weighted by Gasteiger charge is 2.08. The first-order valence-electron chi connectivity index (χ1n) is 5.51. The van der Waals surface area contributed by atoms with Crippen LogP contribution in [-0.4, -0.2) is 33.3 Å². The summed E-state index contributed by atoms with van der Waals surface area (Å²) in [5.41, 5.74) is 0.0833. The van der Waals surface area contributed by atoms with E-state index in [1.165, 1.54) is 17.1 Å². The van der Waals surface area contributed by atoms with Crippen molar-refractivity contribution in [3.05, 3.63) is 18.0 Å². The van der Waals surface area contributed by atoms with Crippen LogP contribution in [0, 0.1) is 5.92 Å². The van der Waals surface area contributed by atoms with Gasteiger partial charge in [-0.2, -0.15) is 5.10 Å². The Morgan fingerprint density at radius 1 is 1.53 bits per heavy atom. The molecule has 0 saturated carbocycles. The van der Waals surface area contributed by atoms with Gasteiger partial charge in [0.15, 0.2) is 0 Å². The van der Waals surface area contributed by atoms with Gasteiger partial charge in [-0.05, 0) is 12.3 Å². The Kier molecular flexibility index (Phi) is 4.68. The van der Waals surface area contributed by atoms with Crippen molar-refractivity contribution in [2.24, 2.45) is 5.92 Å². The highest BCUT2D eigenvalue weighted by atomic mass is 16.4. The first kappa shape index (κ1) is 13.2. The molecule has 1 aromatic heterocycles. The van der Waals surface area contributed by atoms with Crippen LogP contribution < -0.4 is 5.32 Å². The van der Waals surface area contributed by atoms with E-state index in [1.54, 1.807) is 0 Å². The monoisotopic (exact) mass is 239 g/mol. The molecule has 1 amide bonds. The van der Waals surface area contributed by atoms with E-state index in [0.717, 1.165) is 6.42 Å². The smallest absolute Gasteiger partial charge is 0.338 e. The van der Waals surface area contributed by atoms with Crippen molar-refractivity contribution in [3.8, 4) is 0 Å². The van der Waals surface area contributed by atoms with Crippen LogP contribution in [0.25, 0.3) is 0 Å². The maximum absolute atomic E-state index is 11.5. The van der Waals surface area contributed by atoms with Gasteiger partial charge in [-0.15, -0.1) is 0 Å². The van der Waals surface area contributed by atoms with Gasteiger partial charge >= 0.3 is 5.97 Å². The summed E-state index contributed by atoms with van der Waals surface area (Å²) in [5.74, 6) is -0.666. The summed E-state index contributed by atoms with van der Waals surface area (Å²) in [6.45, 7) is 4.84. The molecular formula is C11H17N3O3. The van der Waals surface area contributed by atoms with Crippen LogP contribution in [-0.2, 0) is 11.3 Å². The lowest BCUT2D eigenvalue weighted by Crippen LogP contribution is -2.29. The number of nitrogens with one attached hydrogen (secondary N) is 1. The minimum absolute atomic E-state index is 0.0470. The Labute approximate surface area is 99.6 Å². The predicted molar refractivity (Wildman–Crippen MR) is 61.7 cm³/mol. The second-order valence-electron chi connectivity index (χ2n) is 4.26. The van der Waals surface area contributed by atoms with Gasteiger partial charge in [0.25, 0.3) is 0 Å². The lowest BCUT2D eigenvalue weighted by atomic mass is 10.1. The number of hydrogen-bond donors (Lipinski definition) is 2. The molecule has 0 aromatic carbocycles. The number of nitrogens with zero attached hydrogens (tertiary/aromatic N) is 2. The normalized spacial score (nSPS) is 10.5. The molecule has 0 saturated heterocycles. The maximum Gasteiger partial charge on any atom is 0.338 e. The Morgan fingerprint density at radius 3 is 2.76 bits per heavy atom. The van der Waals surface area contributed by atoms with Crippen molar-refractivity contribution in [1.29, 1.82) is 0 Å². The molecule has 94 valence electrons. The summed E-state index contributed by atoms with van der Waals surface area (Å²) >= 11 is 0. The van der Waals surface area contributed by atoms with Crippen molar-refractivity contribution >= 4 is 11.9 Å². The molecule has 2 N–H and O–H groups in total. The number of rotatable bonds is 6. The zero-order valence-corrected chi connectivity index (χ0v) is 10.0. The fourth-order valence-corrected chi connectivity index (χ4v) is 1.26. The second-order valence-corrected chi connectivity index (χ2v) is 4.26. The van der Waals surface area contributed by atoms with Gasteiger partial charge in [0.05, 0.1) is 11.8 Å². The Hall–Kier alpha value is -1.85.